The fourth-order valence-electron chi connectivity index (χ4n) is 3.20. The highest BCUT2D eigenvalue weighted by Gasteiger charge is 2.18. The maximum Gasteiger partial charge on any atom is 0.329 e. The summed E-state index contributed by atoms with van der Waals surface area (Å²) in [4.78, 5) is 29.8. The van der Waals surface area contributed by atoms with Gasteiger partial charge in [0.15, 0.2) is 0 Å². The van der Waals surface area contributed by atoms with Crippen molar-refractivity contribution in [1.29, 1.82) is 0 Å². The smallest absolute Gasteiger partial charge is 0.329 e. The van der Waals surface area contributed by atoms with E-state index < -0.39 is 25.8 Å². The molecular formula is C22H22NO5P. The topological polar surface area (TPSA) is 121 Å². The van der Waals surface area contributed by atoms with Crippen molar-refractivity contribution in [2.24, 2.45) is 5.73 Å². The van der Waals surface area contributed by atoms with Gasteiger partial charge in [0.25, 0.3) is 0 Å². The van der Waals surface area contributed by atoms with E-state index in [1.165, 1.54) is 0 Å². The molecule has 3 rings (SSSR count). The van der Waals surface area contributed by atoms with Crippen LogP contribution in [0.2, 0.25) is 0 Å². The number of benzene rings is 3. The molecule has 0 amide bonds. The van der Waals surface area contributed by atoms with Gasteiger partial charge in [-0.25, -0.2) is 0 Å². The molecule has 0 aliphatic carbocycles. The third-order valence-electron chi connectivity index (χ3n) is 4.54. The summed E-state index contributed by atoms with van der Waals surface area (Å²) < 4.78 is 11.5. The summed E-state index contributed by atoms with van der Waals surface area (Å²) >= 11 is 0. The molecule has 6 nitrogen and oxygen atoms in total. The van der Waals surface area contributed by atoms with Gasteiger partial charge in [-0.05, 0) is 39.8 Å². The largest absolute Gasteiger partial charge is 0.480 e. The highest BCUT2D eigenvalue weighted by molar-refractivity contribution is 7.50. The normalized spacial score (nSPS) is 12.5. The van der Waals surface area contributed by atoms with Crippen molar-refractivity contribution in [2.45, 2.75) is 18.6 Å². The quantitative estimate of drug-likeness (QED) is 0.441. The van der Waals surface area contributed by atoms with Crippen LogP contribution in [-0.4, -0.2) is 26.9 Å². The highest BCUT2D eigenvalue weighted by atomic mass is 31.2. The zero-order valence-electron chi connectivity index (χ0n) is 15.6. The van der Waals surface area contributed by atoms with Crippen LogP contribution in [0, 0.1) is 0 Å². The second-order valence-electron chi connectivity index (χ2n) is 6.95. The Kier molecular flexibility index (Phi) is 6.30. The van der Waals surface area contributed by atoms with Gasteiger partial charge in [-0.3, -0.25) is 9.36 Å². The first-order chi connectivity index (χ1) is 13.7. The Labute approximate surface area is 168 Å². The zero-order chi connectivity index (χ0) is 21.0. The average molecular weight is 411 g/mol. The number of rotatable bonds is 7. The minimum atomic E-state index is -4.27. The van der Waals surface area contributed by atoms with E-state index in [1.807, 2.05) is 60.7 Å². The second kappa shape index (κ2) is 8.72. The van der Waals surface area contributed by atoms with Gasteiger partial charge in [-0.15, -0.1) is 0 Å². The second-order valence-corrected chi connectivity index (χ2v) is 8.60. The number of nitrogens with two attached hydrogens (primary N) is 1. The fourth-order valence-corrected chi connectivity index (χ4v) is 3.86. The van der Waals surface area contributed by atoms with Gasteiger partial charge >= 0.3 is 13.6 Å². The van der Waals surface area contributed by atoms with Crippen LogP contribution in [0.3, 0.4) is 0 Å². The third kappa shape index (κ3) is 5.86. The molecule has 5 N–H and O–H groups in total. The summed E-state index contributed by atoms with van der Waals surface area (Å²) in [6.07, 6.45) is -0.350. The average Bonchev–Trinajstić information content (AvgIpc) is 2.67. The van der Waals surface area contributed by atoms with Gasteiger partial charge in [0, 0.05) is 0 Å². The van der Waals surface area contributed by atoms with Gasteiger partial charge in [-0.2, -0.15) is 0 Å². The minimum Gasteiger partial charge on any atom is -0.480 e. The van der Waals surface area contributed by atoms with Crippen LogP contribution in [0.4, 0.5) is 0 Å². The molecule has 1 atom stereocenters. The molecule has 29 heavy (non-hydrogen) atoms. The molecule has 0 saturated carbocycles. The number of aliphatic carboxylic acids is 1. The van der Waals surface area contributed by atoms with Crippen molar-refractivity contribution in [3.8, 4) is 22.3 Å². The molecule has 0 aliphatic heterocycles. The van der Waals surface area contributed by atoms with E-state index in [2.05, 4.69) is 0 Å². The van der Waals surface area contributed by atoms with Crippen LogP contribution in [0.25, 0.3) is 22.3 Å². The Hall–Kier alpha value is -2.76. The monoisotopic (exact) mass is 411 g/mol. The van der Waals surface area contributed by atoms with E-state index in [9.17, 15) is 19.1 Å². The molecule has 0 radical (unpaired) electrons. The lowest BCUT2D eigenvalue weighted by Crippen LogP contribution is -2.32. The first-order valence-electron chi connectivity index (χ1n) is 9.03. The Bertz CT molecular complexity index is 1040. The molecule has 3 aromatic rings. The third-order valence-corrected chi connectivity index (χ3v) is 5.32. The molecule has 0 bridgehead atoms. The Morgan fingerprint density at radius 1 is 0.828 bits per heavy atom. The molecule has 0 spiro atoms. The van der Waals surface area contributed by atoms with Gasteiger partial charge < -0.3 is 20.6 Å². The maximum atomic E-state index is 11.5. The molecule has 0 unspecified atom stereocenters. The van der Waals surface area contributed by atoms with E-state index in [0.717, 1.165) is 22.3 Å². The van der Waals surface area contributed by atoms with Gasteiger partial charge in [0.05, 0.1) is 6.16 Å². The van der Waals surface area contributed by atoms with E-state index >= 15 is 0 Å². The molecule has 0 saturated heterocycles. The van der Waals surface area contributed by atoms with E-state index in [-0.39, 0.29) is 6.42 Å². The van der Waals surface area contributed by atoms with E-state index in [4.69, 9.17) is 10.8 Å². The number of hydrogen-bond acceptors (Lipinski definition) is 3. The summed E-state index contributed by atoms with van der Waals surface area (Å²) in [5.74, 6) is -1.13. The highest BCUT2D eigenvalue weighted by Crippen LogP contribution is 2.40. The first-order valence-corrected chi connectivity index (χ1v) is 10.8. The minimum absolute atomic E-state index is 0.0689. The number of carbonyl (C=O) groups is 1. The van der Waals surface area contributed by atoms with Crippen molar-refractivity contribution in [3.05, 3.63) is 83.9 Å². The lowest BCUT2D eigenvalue weighted by molar-refractivity contribution is -0.138. The zero-order valence-corrected chi connectivity index (χ0v) is 16.5. The van der Waals surface area contributed by atoms with Crippen molar-refractivity contribution in [3.63, 3.8) is 0 Å². The van der Waals surface area contributed by atoms with Gasteiger partial charge in [0.2, 0.25) is 0 Å². The van der Waals surface area contributed by atoms with Gasteiger partial charge in [-0.1, -0.05) is 72.8 Å². The van der Waals surface area contributed by atoms with Crippen LogP contribution in [0.5, 0.6) is 0 Å². The van der Waals surface area contributed by atoms with Crippen LogP contribution in [0.15, 0.2) is 72.8 Å². The predicted octanol–water partition coefficient (Wildman–Crippen LogP) is 3.65. The fraction of sp³-hybridized carbons (Fsp3) is 0.136. The number of carboxylic acid groups (broad SMARTS) is 1. The van der Waals surface area contributed by atoms with Crippen LogP contribution in [-0.2, 0) is 21.9 Å². The molecule has 0 fully saturated rings. The summed E-state index contributed by atoms with van der Waals surface area (Å²) in [5.41, 5.74) is 10.5. The number of hydrogen-bond donors (Lipinski definition) is 4. The van der Waals surface area contributed by atoms with Crippen molar-refractivity contribution in [1.82, 2.24) is 0 Å². The van der Waals surface area contributed by atoms with Crippen LogP contribution in [0.1, 0.15) is 11.1 Å². The van der Waals surface area contributed by atoms with Gasteiger partial charge in [0.1, 0.15) is 6.04 Å². The molecule has 0 heterocycles. The lowest BCUT2D eigenvalue weighted by Gasteiger charge is -2.13. The first kappa shape index (κ1) is 21.0. The van der Waals surface area contributed by atoms with Crippen LogP contribution >= 0.6 is 7.60 Å². The molecular weight excluding hydrogens is 389 g/mol. The van der Waals surface area contributed by atoms with Crippen LogP contribution < -0.4 is 5.73 Å². The summed E-state index contributed by atoms with van der Waals surface area (Å²) in [5, 5.41) is 9.07. The standard InChI is InChI=1S/C22H22NO5P/c23-21(22(24)25)13-15-10-16(14-29(26,27)28)12-20(11-15)19-8-6-18(7-9-19)17-4-2-1-3-5-17/h1-12,21H,13-14,23H2,(H,24,25)(H2,26,27,28)/t21-/m0/s1. The molecule has 7 heteroatoms. The van der Waals surface area contributed by atoms with Crippen molar-refractivity contribution < 1.29 is 24.3 Å². The summed E-state index contributed by atoms with van der Waals surface area (Å²) in [6.45, 7) is 0. The van der Waals surface area contributed by atoms with E-state index in [1.54, 1.807) is 12.1 Å². The maximum absolute atomic E-state index is 11.5. The summed E-state index contributed by atoms with van der Waals surface area (Å²) in [7, 11) is -4.27. The molecule has 3 aromatic carbocycles. The Morgan fingerprint density at radius 3 is 1.90 bits per heavy atom. The Morgan fingerprint density at radius 2 is 1.34 bits per heavy atom. The van der Waals surface area contributed by atoms with Crippen molar-refractivity contribution >= 4 is 13.6 Å². The lowest BCUT2D eigenvalue weighted by atomic mass is 9.95. The molecule has 150 valence electrons. The molecule has 0 aliphatic rings. The SMILES string of the molecule is N[C@@H](Cc1cc(CP(=O)(O)O)cc(-c2ccc(-c3ccccc3)cc2)c1)C(=O)O. The predicted molar refractivity (Wildman–Crippen MR) is 112 cm³/mol. The molecule has 0 aromatic heterocycles. The summed E-state index contributed by atoms with van der Waals surface area (Å²) in [6, 6.07) is 21.8. The Balaban J connectivity index is 1.97. The van der Waals surface area contributed by atoms with E-state index in [0.29, 0.717) is 11.1 Å². The van der Waals surface area contributed by atoms with Crippen molar-refractivity contribution in [2.75, 3.05) is 0 Å². The number of carboxylic acids is 1.